The number of aromatic nitrogens is 3. The van der Waals surface area contributed by atoms with Gasteiger partial charge in [-0.15, -0.1) is 0 Å². The van der Waals surface area contributed by atoms with E-state index in [2.05, 4.69) is 51.4 Å². The van der Waals surface area contributed by atoms with Crippen LogP contribution in [0, 0.1) is 20.8 Å². The number of anilines is 1. The number of pyridine rings is 1. The zero-order valence-electron chi connectivity index (χ0n) is 18.1. The van der Waals surface area contributed by atoms with Crippen LogP contribution in [-0.2, 0) is 13.0 Å². The fourth-order valence-corrected chi connectivity index (χ4v) is 3.56. The predicted octanol–water partition coefficient (Wildman–Crippen LogP) is 4.77. The van der Waals surface area contributed by atoms with E-state index in [1.807, 2.05) is 44.2 Å². The summed E-state index contributed by atoms with van der Waals surface area (Å²) in [5.41, 5.74) is 7.12. The van der Waals surface area contributed by atoms with Crippen molar-refractivity contribution < 1.29 is 4.79 Å². The molecule has 0 spiro atoms. The van der Waals surface area contributed by atoms with Crippen molar-refractivity contribution in [3.8, 4) is 0 Å². The molecule has 4 aromatic rings. The third-order valence-electron chi connectivity index (χ3n) is 5.32. The highest BCUT2D eigenvalue weighted by atomic mass is 16.2. The Labute approximate surface area is 182 Å². The van der Waals surface area contributed by atoms with Crippen LogP contribution in [0.3, 0.4) is 0 Å². The summed E-state index contributed by atoms with van der Waals surface area (Å²) in [6, 6.07) is 18.1. The molecule has 0 saturated carbocycles. The average Bonchev–Trinajstić information content (AvgIpc) is 3.10. The highest BCUT2D eigenvalue weighted by molar-refractivity contribution is 5.90. The molecule has 0 aliphatic rings. The Morgan fingerprint density at radius 3 is 2.58 bits per heavy atom. The molecule has 2 amide bonds. The standard InChI is InChI=1S/C25H27N5O/c1-17-7-10-20(11-8-17)16-30-23(28-21-5-4-13-26-24(21)30)12-14-27-25(31)29-22-15-18(2)6-9-19(22)3/h4-11,13,15H,12,14,16H2,1-3H3,(H2,27,29,31). The van der Waals surface area contributed by atoms with Crippen LogP contribution in [0.25, 0.3) is 11.2 Å². The number of hydrogen-bond donors (Lipinski definition) is 2. The van der Waals surface area contributed by atoms with E-state index in [0.29, 0.717) is 19.5 Å². The van der Waals surface area contributed by atoms with Gasteiger partial charge >= 0.3 is 6.03 Å². The summed E-state index contributed by atoms with van der Waals surface area (Å²) in [5.74, 6) is 0.904. The van der Waals surface area contributed by atoms with E-state index in [0.717, 1.165) is 33.8 Å². The Morgan fingerprint density at radius 2 is 1.77 bits per heavy atom. The van der Waals surface area contributed by atoms with Crippen LogP contribution < -0.4 is 10.6 Å². The molecule has 0 radical (unpaired) electrons. The normalized spacial score (nSPS) is 10.9. The van der Waals surface area contributed by atoms with E-state index in [4.69, 9.17) is 4.98 Å². The first-order valence-corrected chi connectivity index (χ1v) is 10.5. The van der Waals surface area contributed by atoms with Crippen molar-refractivity contribution in [2.45, 2.75) is 33.7 Å². The van der Waals surface area contributed by atoms with E-state index in [-0.39, 0.29) is 6.03 Å². The predicted molar refractivity (Wildman–Crippen MR) is 124 cm³/mol. The minimum Gasteiger partial charge on any atom is -0.337 e. The molecule has 0 bridgehead atoms. The summed E-state index contributed by atoms with van der Waals surface area (Å²) in [6.07, 6.45) is 2.40. The first-order chi connectivity index (χ1) is 15.0. The second kappa shape index (κ2) is 9.00. The molecule has 0 aliphatic heterocycles. The lowest BCUT2D eigenvalue weighted by Crippen LogP contribution is -2.31. The molecule has 0 fully saturated rings. The Bertz CT molecular complexity index is 1210. The van der Waals surface area contributed by atoms with Gasteiger partial charge in [0.05, 0.1) is 6.54 Å². The maximum atomic E-state index is 12.4. The van der Waals surface area contributed by atoms with E-state index < -0.39 is 0 Å². The first kappa shape index (κ1) is 20.6. The van der Waals surface area contributed by atoms with Gasteiger partial charge in [0.25, 0.3) is 0 Å². The number of aryl methyl sites for hydroxylation is 3. The summed E-state index contributed by atoms with van der Waals surface area (Å²) in [6.45, 7) is 7.24. The lowest BCUT2D eigenvalue weighted by atomic mass is 10.1. The van der Waals surface area contributed by atoms with Crippen LogP contribution >= 0.6 is 0 Å². The zero-order chi connectivity index (χ0) is 21.8. The van der Waals surface area contributed by atoms with Gasteiger partial charge in [0.2, 0.25) is 0 Å². The monoisotopic (exact) mass is 413 g/mol. The largest absolute Gasteiger partial charge is 0.337 e. The number of carbonyl (C=O) groups is 1. The van der Waals surface area contributed by atoms with Gasteiger partial charge in [-0.25, -0.2) is 14.8 Å². The lowest BCUT2D eigenvalue weighted by Gasteiger charge is -2.12. The van der Waals surface area contributed by atoms with Crippen molar-refractivity contribution in [3.05, 3.63) is 88.9 Å². The average molecular weight is 414 g/mol. The van der Waals surface area contributed by atoms with Crippen molar-refractivity contribution in [3.63, 3.8) is 0 Å². The quantitative estimate of drug-likeness (QED) is 0.478. The van der Waals surface area contributed by atoms with Crippen molar-refractivity contribution in [1.82, 2.24) is 19.9 Å². The van der Waals surface area contributed by atoms with Crippen LogP contribution in [0.2, 0.25) is 0 Å². The van der Waals surface area contributed by atoms with Gasteiger partial charge in [0, 0.05) is 24.8 Å². The van der Waals surface area contributed by atoms with Crippen molar-refractivity contribution in [2.75, 3.05) is 11.9 Å². The number of nitrogens with zero attached hydrogens (tertiary/aromatic N) is 3. The van der Waals surface area contributed by atoms with Crippen molar-refractivity contribution in [2.24, 2.45) is 0 Å². The van der Waals surface area contributed by atoms with Crippen molar-refractivity contribution >= 4 is 22.9 Å². The highest BCUT2D eigenvalue weighted by Gasteiger charge is 2.13. The number of fused-ring (bicyclic) bond motifs is 1. The van der Waals surface area contributed by atoms with Gasteiger partial charge in [0.15, 0.2) is 5.65 Å². The number of hydrogen-bond acceptors (Lipinski definition) is 3. The molecule has 0 atom stereocenters. The van der Waals surface area contributed by atoms with Gasteiger partial charge in [-0.05, 0) is 55.7 Å². The minimum atomic E-state index is -0.215. The molecule has 0 aliphatic carbocycles. The molecule has 2 N–H and O–H groups in total. The van der Waals surface area contributed by atoms with Crippen LogP contribution in [-0.4, -0.2) is 27.1 Å². The molecule has 0 saturated heterocycles. The van der Waals surface area contributed by atoms with E-state index in [1.165, 1.54) is 11.1 Å². The van der Waals surface area contributed by atoms with Gasteiger partial charge in [-0.3, -0.25) is 0 Å². The number of benzene rings is 2. The number of nitrogens with one attached hydrogen (secondary N) is 2. The fraction of sp³-hybridized carbons (Fsp3) is 0.240. The Morgan fingerprint density at radius 1 is 1.00 bits per heavy atom. The first-order valence-electron chi connectivity index (χ1n) is 10.5. The summed E-state index contributed by atoms with van der Waals surface area (Å²) in [4.78, 5) is 21.7. The fourth-order valence-electron chi connectivity index (χ4n) is 3.56. The molecule has 4 rings (SSSR count). The molecule has 158 valence electrons. The second-order valence-corrected chi connectivity index (χ2v) is 7.90. The van der Waals surface area contributed by atoms with Crippen LogP contribution in [0.15, 0.2) is 60.8 Å². The SMILES string of the molecule is Cc1ccc(Cn2c(CCNC(=O)Nc3cc(C)ccc3C)nc3cccnc32)cc1. The molecule has 2 aromatic heterocycles. The van der Waals surface area contributed by atoms with E-state index in [1.54, 1.807) is 6.20 Å². The number of urea groups is 1. The van der Waals surface area contributed by atoms with Crippen molar-refractivity contribution in [1.29, 1.82) is 0 Å². The molecular weight excluding hydrogens is 386 g/mol. The Hall–Kier alpha value is -3.67. The molecule has 6 heteroatoms. The third-order valence-corrected chi connectivity index (χ3v) is 5.32. The number of imidazole rings is 1. The van der Waals surface area contributed by atoms with Crippen LogP contribution in [0.5, 0.6) is 0 Å². The maximum Gasteiger partial charge on any atom is 0.319 e. The molecule has 0 unspecified atom stereocenters. The number of carbonyl (C=O) groups excluding carboxylic acids is 1. The Balaban J connectivity index is 1.46. The van der Waals surface area contributed by atoms with Gasteiger partial charge in [-0.2, -0.15) is 0 Å². The summed E-state index contributed by atoms with van der Waals surface area (Å²) in [5, 5.41) is 5.88. The molecule has 2 heterocycles. The van der Waals surface area contributed by atoms with Crippen LogP contribution in [0.1, 0.15) is 28.1 Å². The number of amides is 2. The molecule has 31 heavy (non-hydrogen) atoms. The lowest BCUT2D eigenvalue weighted by molar-refractivity contribution is 0.252. The molecular formula is C25H27N5O. The molecule has 2 aromatic carbocycles. The zero-order valence-corrected chi connectivity index (χ0v) is 18.1. The van der Waals surface area contributed by atoms with Gasteiger partial charge in [-0.1, -0.05) is 42.0 Å². The molecule has 6 nitrogen and oxygen atoms in total. The van der Waals surface area contributed by atoms with E-state index in [9.17, 15) is 4.79 Å². The van der Waals surface area contributed by atoms with Gasteiger partial charge < -0.3 is 15.2 Å². The summed E-state index contributed by atoms with van der Waals surface area (Å²) >= 11 is 0. The third kappa shape index (κ3) is 4.91. The van der Waals surface area contributed by atoms with E-state index >= 15 is 0 Å². The maximum absolute atomic E-state index is 12.4. The number of rotatable bonds is 6. The highest BCUT2D eigenvalue weighted by Crippen LogP contribution is 2.18. The second-order valence-electron chi connectivity index (χ2n) is 7.90. The smallest absolute Gasteiger partial charge is 0.319 e. The Kier molecular flexibility index (Phi) is 5.98. The topological polar surface area (TPSA) is 71.8 Å². The van der Waals surface area contributed by atoms with Gasteiger partial charge in [0.1, 0.15) is 11.3 Å². The minimum absolute atomic E-state index is 0.215. The van der Waals surface area contributed by atoms with Crippen LogP contribution in [0.4, 0.5) is 10.5 Å². The summed E-state index contributed by atoms with van der Waals surface area (Å²) < 4.78 is 2.13. The summed E-state index contributed by atoms with van der Waals surface area (Å²) in [7, 11) is 0.